The maximum atomic E-state index is 8.72. The summed E-state index contributed by atoms with van der Waals surface area (Å²) in [4.78, 5) is 4.05. The van der Waals surface area contributed by atoms with Crippen LogP contribution in [0.2, 0.25) is 0 Å². The molecule has 1 aromatic heterocycles. The second kappa shape index (κ2) is 9.53. The zero-order valence-corrected chi connectivity index (χ0v) is 9.77. The van der Waals surface area contributed by atoms with Crippen molar-refractivity contribution in [2.45, 2.75) is 6.42 Å². The van der Waals surface area contributed by atoms with Gasteiger partial charge in [0.2, 0.25) is 0 Å². The number of nitriles is 1. The molecule has 0 bridgehead atoms. The van der Waals surface area contributed by atoms with Crippen LogP contribution in [-0.2, 0) is 0 Å². The Morgan fingerprint density at radius 2 is 2.20 bits per heavy atom. The standard InChI is InChI=1S/C9H12N4.2ClH/c10-4-2-6-13-9-8(7-11)3-1-5-12-9;;/h1,3,5H,2,4,6,10H2,(H,12,13);2*1H. The topological polar surface area (TPSA) is 74.7 Å². The molecule has 0 aliphatic carbocycles. The summed E-state index contributed by atoms with van der Waals surface area (Å²) in [5.74, 6) is 0.637. The van der Waals surface area contributed by atoms with Crippen LogP contribution >= 0.6 is 24.8 Å². The maximum Gasteiger partial charge on any atom is 0.143 e. The summed E-state index contributed by atoms with van der Waals surface area (Å²) < 4.78 is 0. The minimum absolute atomic E-state index is 0. The number of pyridine rings is 1. The molecule has 84 valence electrons. The van der Waals surface area contributed by atoms with Crippen molar-refractivity contribution in [1.82, 2.24) is 4.98 Å². The zero-order chi connectivity index (χ0) is 9.52. The molecule has 0 saturated heterocycles. The van der Waals surface area contributed by atoms with Gasteiger partial charge in [-0.2, -0.15) is 5.26 Å². The van der Waals surface area contributed by atoms with Gasteiger partial charge in [0, 0.05) is 12.7 Å². The first-order chi connectivity index (χ1) is 6.38. The summed E-state index contributed by atoms with van der Waals surface area (Å²) in [5, 5.41) is 11.8. The Balaban J connectivity index is 0. The third-order valence-corrected chi connectivity index (χ3v) is 1.60. The highest BCUT2D eigenvalue weighted by Gasteiger charge is 1.99. The smallest absolute Gasteiger partial charge is 0.143 e. The second-order valence-electron chi connectivity index (χ2n) is 2.58. The molecule has 0 amide bonds. The SMILES string of the molecule is Cl.Cl.N#Cc1cccnc1NCCCN. The van der Waals surface area contributed by atoms with Crippen molar-refractivity contribution in [1.29, 1.82) is 5.26 Å². The molecule has 1 aromatic rings. The molecule has 0 aliphatic rings. The van der Waals surface area contributed by atoms with Crippen LogP contribution in [0.3, 0.4) is 0 Å². The van der Waals surface area contributed by atoms with Crippen molar-refractivity contribution in [3.8, 4) is 6.07 Å². The van der Waals surface area contributed by atoms with Gasteiger partial charge in [0.15, 0.2) is 0 Å². The fourth-order valence-electron chi connectivity index (χ4n) is 0.945. The Hall–Kier alpha value is -1.02. The minimum Gasteiger partial charge on any atom is -0.369 e. The first kappa shape index (κ1) is 16.4. The summed E-state index contributed by atoms with van der Waals surface area (Å²) in [6, 6.07) is 5.54. The number of rotatable bonds is 4. The van der Waals surface area contributed by atoms with Crippen LogP contribution in [0.1, 0.15) is 12.0 Å². The highest BCUT2D eigenvalue weighted by molar-refractivity contribution is 5.85. The van der Waals surface area contributed by atoms with E-state index in [9.17, 15) is 0 Å². The van der Waals surface area contributed by atoms with Gasteiger partial charge in [-0.3, -0.25) is 0 Å². The van der Waals surface area contributed by atoms with Crippen molar-refractivity contribution in [2.75, 3.05) is 18.4 Å². The average molecular weight is 249 g/mol. The van der Waals surface area contributed by atoms with E-state index in [1.165, 1.54) is 0 Å². The van der Waals surface area contributed by atoms with E-state index in [1.807, 2.05) is 0 Å². The quantitative estimate of drug-likeness (QED) is 0.794. The van der Waals surface area contributed by atoms with Gasteiger partial charge < -0.3 is 11.1 Å². The van der Waals surface area contributed by atoms with Gasteiger partial charge in [-0.25, -0.2) is 4.98 Å². The van der Waals surface area contributed by atoms with Crippen LogP contribution in [0, 0.1) is 11.3 Å². The first-order valence-corrected chi connectivity index (χ1v) is 4.17. The van der Waals surface area contributed by atoms with Crippen molar-refractivity contribution in [2.24, 2.45) is 5.73 Å². The van der Waals surface area contributed by atoms with Crippen molar-refractivity contribution >= 4 is 30.6 Å². The Morgan fingerprint density at radius 3 is 2.80 bits per heavy atom. The van der Waals surface area contributed by atoms with Crippen LogP contribution in [0.5, 0.6) is 0 Å². The van der Waals surface area contributed by atoms with Gasteiger partial charge in [-0.1, -0.05) is 0 Å². The third kappa shape index (κ3) is 5.43. The van der Waals surface area contributed by atoms with E-state index in [-0.39, 0.29) is 24.8 Å². The molecule has 0 spiro atoms. The van der Waals surface area contributed by atoms with E-state index < -0.39 is 0 Å². The Morgan fingerprint density at radius 1 is 1.47 bits per heavy atom. The van der Waals surface area contributed by atoms with Gasteiger partial charge in [0.25, 0.3) is 0 Å². The lowest BCUT2D eigenvalue weighted by Gasteiger charge is -2.04. The van der Waals surface area contributed by atoms with E-state index >= 15 is 0 Å². The van der Waals surface area contributed by atoms with Gasteiger partial charge in [0.1, 0.15) is 11.9 Å². The van der Waals surface area contributed by atoms with Crippen molar-refractivity contribution in [3.05, 3.63) is 23.9 Å². The summed E-state index contributed by atoms with van der Waals surface area (Å²) in [5.41, 5.74) is 5.91. The van der Waals surface area contributed by atoms with E-state index in [0.29, 0.717) is 17.9 Å². The predicted molar refractivity (Wildman–Crippen MR) is 65.6 cm³/mol. The number of halogens is 2. The molecule has 6 heteroatoms. The lowest BCUT2D eigenvalue weighted by molar-refractivity contribution is 0.870. The zero-order valence-electron chi connectivity index (χ0n) is 8.14. The molecule has 0 saturated carbocycles. The number of hydrogen-bond donors (Lipinski definition) is 2. The fourth-order valence-corrected chi connectivity index (χ4v) is 0.945. The van der Waals surface area contributed by atoms with Crippen molar-refractivity contribution in [3.63, 3.8) is 0 Å². The molecule has 1 heterocycles. The monoisotopic (exact) mass is 248 g/mol. The molecule has 0 fully saturated rings. The van der Waals surface area contributed by atoms with E-state index in [1.54, 1.807) is 18.3 Å². The molecule has 4 nitrogen and oxygen atoms in total. The third-order valence-electron chi connectivity index (χ3n) is 1.60. The van der Waals surface area contributed by atoms with E-state index in [4.69, 9.17) is 11.0 Å². The van der Waals surface area contributed by atoms with Crippen molar-refractivity contribution < 1.29 is 0 Å². The van der Waals surface area contributed by atoms with Crippen LogP contribution in [0.4, 0.5) is 5.82 Å². The Kier molecular flexibility index (Phi) is 10.4. The number of hydrogen-bond acceptors (Lipinski definition) is 4. The molecule has 1 rings (SSSR count). The highest BCUT2D eigenvalue weighted by atomic mass is 35.5. The Bertz CT molecular complexity index is 311. The molecular weight excluding hydrogens is 235 g/mol. The van der Waals surface area contributed by atoms with E-state index in [0.717, 1.165) is 13.0 Å². The molecule has 0 atom stereocenters. The summed E-state index contributed by atoms with van der Waals surface area (Å²) in [6.45, 7) is 1.39. The molecule has 0 radical (unpaired) electrons. The largest absolute Gasteiger partial charge is 0.369 e. The molecular formula is C9H14Cl2N4. The number of anilines is 1. The van der Waals surface area contributed by atoms with Gasteiger partial charge in [-0.15, -0.1) is 24.8 Å². The van der Waals surface area contributed by atoms with E-state index in [2.05, 4.69) is 16.4 Å². The van der Waals surface area contributed by atoms with Crippen LogP contribution in [0.25, 0.3) is 0 Å². The number of nitrogens with two attached hydrogens (primary N) is 1. The first-order valence-electron chi connectivity index (χ1n) is 4.17. The molecule has 0 aromatic carbocycles. The minimum atomic E-state index is 0. The molecule has 15 heavy (non-hydrogen) atoms. The maximum absolute atomic E-state index is 8.72. The number of nitrogens with zero attached hydrogens (tertiary/aromatic N) is 2. The number of aromatic nitrogens is 1. The highest BCUT2D eigenvalue weighted by Crippen LogP contribution is 2.08. The molecule has 0 aliphatic heterocycles. The van der Waals surface area contributed by atoms with Gasteiger partial charge >= 0.3 is 0 Å². The summed E-state index contributed by atoms with van der Waals surface area (Å²) in [7, 11) is 0. The second-order valence-corrected chi connectivity index (χ2v) is 2.58. The van der Waals surface area contributed by atoms with Gasteiger partial charge in [0.05, 0.1) is 5.56 Å². The normalized spacial score (nSPS) is 8.00. The van der Waals surface area contributed by atoms with Crippen LogP contribution in [-0.4, -0.2) is 18.1 Å². The average Bonchev–Trinajstić information content (AvgIpc) is 2.19. The number of nitrogens with one attached hydrogen (secondary N) is 1. The lowest BCUT2D eigenvalue weighted by Crippen LogP contribution is -2.10. The lowest BCUT2D eigenvalue weighted by atomic mass is 10.3. The van der Waals surface area contributed by atoms with Crippen LogP contribution in [0.15, 0.2) is 18.3 Å². The predicted octanol–water partition coefficient (Wildman–Crippen LogP) is 1.56. The molecule has 0 unspecified atom stereocenters. The van der Waals surface area contributed by atoms with Gasteiger partial charge in [-0.05, 0) is 25.1 Å². The molecule has 3 N–H and O–H groups in total. The summed E-state index contributed by atoms with van der Waals surface area (Å²) in [6.07, 6.45) is 2.53. The van der Waals surface area contributed by atoms with Crippen LogP contribution < -0.4 is 11.1 Å². The summed E-state index contributed by atoms with van der Waals surface area (Å²) >= 11 is 0. The Labute approximate surface area is 102 Å². The fraction of sp³-hybridized carbons (Fsp3) is 0.333.